The van der Waals surface area contributed by atoms with Gasteiger partial charge in [-0.25, -0.2) is 0 Å². The summed E-state index contributed by atoms with van der Waals surface area (Å²) >= 11 is 0. The molecule has 0 saturated heterocycles. The van der Waals surface area contributed by atoms with Gasteiger partial charge in [-0.05, 0) is 19.1 Å². The Morgan fingerprint density at radius 3 is 2.57 bits per heavy atom. The van der Waals surface area contributed by atoms with Gasteiger partial charge in [-0.1, -0.05) is 18.2 Å². The number of aryl methyl sites for hydroxylation is 1. The molecule has 1 atom stereocenters. The molecular weight excluding hydrogens is 264 g/mol. The Hall–Kier alpha value is -2.49. The Morgan fingerprint density at radius 1 is 1.14 bits per heavy atom. The third kappa shape index (κ3) is 3.54. The van der Waals surface area contributed by atoms with Gasteiger partial charge in [-0.15, -0.1) is 0 Å². The van der Waals surface area contributed by atoms with Crippen molar-refractivity contribution in [1.82, 2.24) is 0 Å². The minimum Gasteiger partial charge on any atom is -0.320 e. The number of aromatic nitrogens is 1. The van der Waals surface area contributed by atoms with Crippen molar-refractivity contribution in [3.8, 4) is 0 Å². The summed E-state index contributed by atoms with van der Waals surface area (Å²) in [5.41, 5.74) is 2.23. The molecule has 0 spiro atoms. The molecule has 21 heavy (non-hydrogen) atoms. The maximum Gasteiger partial charge on any atom is 0.293 e. The monoisotopic (exact) mass is 283 g/mol. The number of ketones is 1. The molecular formula is C17H19N2O2+. The third-order valence-electron chi connectivity index (χ3n) is 3.44. The van der Waals surface area contributed by atoms with Crippen molar-refractivity contribution in [2.45, 2.75) is 26.8 Å². The van der Waals surface area contributed by atoms with E-state index in [4.69, 9.17) is 0 Å². The predicted octanol–water partition coefficient (Wildman–Crippen LogP) is 2.68. The lowest BCUT2D eigenvalue weighted by molar-refractivity contribution is -0.711. The lowest BCUT2D eigenvalue weighted by atomic mass is 10.1. The summed E-state index contributed by atoms with van der Waals surface area (Å²) in [7, 11) is 0. The minimum absolute atomic E-state index is 0.0209. The van der Waals surface area contributed by atoms with Gasteiger partial charge in [0.1, 0.15) is 0 Å². The predicted molar refractivity (Wildman–Crippen MR) is 81.2 cm³/mol. The molecule has 108 valence electrons. The molecule has 4 nitrogen and oxygen atoms in total. The molecule has 1 N–H and O–H groups in total. The van der Waals surface area contributed by atoms with Crippen molar-refractivity contribution in [1.29, 1.82) is 0 Å². The standard InChI is InChI=1S/C17H18N2O2/c1-12-7-4-5-10-19(12)13(2)17(21)18-16-9-6-8-15(11-16)14(3)20/h4-11,13H,1-3H3/p+1/t13-/m0/s1. The summed E-state index contributed by atoms with van der Waals surface area (Å²) in [6.07, 6.45) is 1.88. The normalized spacial score (nSPS) is 11.8. The highest BCUT2D eigenvalue weighted by molar-refractivity contribution is 5.97. The van der Waals surface area contributed by atoms with Crippen molar-refractivity contribution >= 4 is 17.4 Å². The van der Waals surface area contributed by atoms with Crippen LogP contribution < -0.4 is 9.88 Å². The van der Waals surface area contributed by atoms with E-state index in [1.807, 2.05) is 42.8 Å². The van der Waals surface area contributed by atoms with Crippen molar-refractivity contribution in [3.63, 3.8) is 0 Å². The third-order valence-corrected chi connectivity index (χ3v) is 3.44. The summed E-state index contributed by atoms with van der Waals surface area (Å²) in [5.74, 6) is -0.137. The van der Waals surface area contributed by atoms with Crippen LogP contribution in [0.3, 0.4) is 0 Å². The summed E-state index contributed by atoms with van der Waals surface area (Å²) in [4.78, 5) is 23.7. The number of benzene rings is 1. The maximum atomic E-state index is 12.3. The number of anilines is 1. The number of carbonyl (C=O) groups excluding carboxylic acids is 2. The number of nitrogens with zero attached hydrogens (tertiary/aromatic N) is 1. The van der Waals surface area contributed by atoms with E-state index in [1.165, 1.54) is 6.92 Å². The maximum absolute atomic E-state index is 12.3. The van der Waals surface area contributed by atoms with Crippen LogP contribution in [0.2, 0.25) is 0 Å². The first kappa shape index (κ1) is 14.9. The van der Waals surface area contributed by atoms with Crippen molar-refractivity contribution in [2.24, 2.45) is 0 Å². The second-order valence-electron chi connectivity index (χ2n) is 5.05. The van der Waals surface area contributed by atoms with E-state index in [0.29, 0.717) is 11.3 Å². The molecule has 2 aromatic rings. The lowest BCUT2D eigenvalue weighted by Crippen LogP contribution is -2.46. The molecule has 0 unspecified atom stereocenters. The second kappa shape index (κ2) is 6.31. The Morgan fingerprint density at radius 2 is 1.90 bits per heavy atom. The van der Waals surface area contributed by atoms with Crippen molar-refractivity contribution in [3.05, 3.63) is 59.9 Å². The Labute approximate surface area is 124 Å². The van der Waals surface area contributed by atoms with E-state index >= 15 is 0 Å². The second-order valence-corrected chi connectivity index (χ2v) is 5.05. The van der Waals surface area contributed by atoms with Crippen LogP contribution in [-0.2, 0) is 4.79 Å². The fourth-order valence-electron chi connectivity index (χ4n) is 2.16. The van der Waals surface area contributed by atoms with Crippen LogP contribution in [-0.4, -0.2) is 11.7 Å². The molecule has 2 rings (SSSR count). The summed E-state index contributed by atoms with van der Waals surface area (Å²) < 4.78 is 1.91. The summed E-state index contributed by atoms with van der Waals surface area (Å²) in [5, 5.41) is 2.85. The highest BCUT2D eigenvalue weighted by Crippen LogP contribution is 2.12. The molecule has 0 bridgehead atoms. The molecule has 1 aromatic heterocycles. The van der Waals surface area contributed by atoms with Gasteiger partial charge in [0.15, 0.2) is 17.7 Å². The molecule has 0 saturated carbocycles. The minimum atomic E-state index is -0.327. The first-order valence-electron chi connectivity index (χ1n) is 6.87. The van der Waals surface area contributed by atoms with Crippen LogP contribution in [0.5, 0.6) is 0 Å². The van der Waals surface area contributed by atoms with E-state index in [9.17, 15) is 9.59 Å². The van der Waals surface area contributed by atoms with E-state index in [0.717, 1.165) is 5.69 Å². The highest BCUT2D eigenvalue weighted by atomic mass is 16.2. The van der Waals surface area contributed by atoms with Gasteiger partial charge in [-0.3, -0.25) is 9.59 Å². The number of nitrogens with one attached hydrogen (secondary N) is 1. The van der Waals surface area contributed by atoms with Gasteiger partial charge in [0.2, 0.25) is 6.04 Å². The van der Waals surface area contributed by atoms with Gasteiger partial charge in [0.25, 0.3) is 5.91 Å². The Kier molecular flexibility index (Phi) is 4.48. The molecule has 0 radical (unpaired) electrons. The molecule has 0 aliphatic heterocycles. The molecule has 1 heterocycles. The van der Waals surface area contributed by atoms with Crippen LogP contribution in [0, 0.1) is 6.92 Å². The molecule has 0 aliphatic rings. The van der Waals surface area contributed by atoms with E-state index in [-0.39, 0.29) is 17.7 Å². The van der Waals surface area contributed by atoms with E-state index in [2.05, 4.69) is 5.32 Å². The van der Waals surface area contributed by atoms with Gasteiger partial charge in [0, 0.05) is 37.2 Å². The fourth-order valence-corrected chi connectivity index (χ4v) is 2.16. The van der Waals surface area contributed by atoms with E-state index in [1.54, 1.807) is 24.3 Å². The van der Waals surface area contributed by atoms with Gasteiger partial charge >= 0.3 is 0 Å². The number of Topliss-reactive ketones (excluding diaryl/α,β-unsaturated/α-hetero) is 1. The molecule has 0 aliphatic carbocycles. The molecule has 0 fully saturated rings. The average Bonchev–Trinajstić information content (AvgIpc) is 2.47. The zero-order valence-electron chi connectivity index (χ0n) is 12.5. The largest absolute Gasteiger partial charge is 0.320 e. The fraction of sp³-hybridized carbons (Fsp3) is 0.235. The summed E-state index contributed by atoms with van der Waals surface area (Å²) in [6, 6.07) is 12.4. The smallest absolute Gasteiger partial charge is 0.293 e. The first-order chi connectivity index (χ1) is 9.99. The van der Waals surface area contributed by atoms with E-state index < -0.39 is 0 Å². The number of pyridine rings is 1. The molecule has 4 heteroatoms. The zero-order chi connectivity index (χ0) is 15.4. The van der Waals surface area contributed by atoms with Crippen LogP contribution in [0.4, 0.5) is 5.69 Å². The topological polar surface area (TPSA) is 50.1 Å². The van der Waals surface area contributed by atoms with Gasteiger partial charge < -0.3 is 5.32 Å². The van der Waals surface area contributed by atoms with Gasteiger partial charge in [-0.2, -0.15) is 4.57 Å². The van der Waals surface area contributed by atoms with Crippen molar-refractivity contribution in [2.75, 3.05) is 5.32 Å². The number of carbonyl (C=O) groups is 2. The Bertz CT molecular complexity index is 680. The molecule has 1 aromatic carbocycles. The SMILES string of the molecule is CC(=O)c1cccc(NC(=O)[C@H](C)[n+]2ccccc2C)c1. The number of amides is 1. The summed E-state index contributed by atoms with van der Waals surface area (Å²) in [6.45, 7) is 5.31. The number of hydrogen-bond acceptors (Lipinski definition) is 2. The number of hydrogen-bond donors (Lipinski definition) is 1. The van der Waals surface area contributed by atoms with Gasteiger partial charge in [0.05, 0.1) is 0 Å². The first-order valence-corrected chi connectivity index (χ1v) is 6.87. The van der Waals surface area contributed by atoms with Crippen LogP contribution in [0.15, 0.2) is 48.7 Å². The Balaban J connectivity index is 2.16. The van der Waals surface area contributed by atoms with Crippen LogP contribution >= 0.6 is 0 Å². The average molecular weight is 283 g/mol. The van der Waals surface area contributed by atoms with Crippen molar-refractivity contribution < 1.29 is 14.2 Å². The quantitative estimate of drug-likeness (QED) is 0.693. The van der Waals surface area contributed by atoms with Crippen LogP contribution in [0.25, 0.3) is 0 Å². The zero-order valence-corrected chi connectivity index (χ0v) is 12.5. The lowest BCUT2D eigenvalue weighted by Gasteiger charge is -2.10. The molecule has 1 amide bonds. The highest BCUT2D eigenvalue weighted by Gasteiger charge is 2.23. The van der Waals surface area contributed by atoms with Crippen LogP contribution in [0.1, 0.15) is 35.9 Å². The number of rotatable bonds is 4.